The predicted octanol–water partition coefficient (Wildman–Crippen LogP) is 1.97. The first kappa shape index (κ1) is 15.4. The molecule has 0 aliphatic carbocycles. The molecule has 6 nitrogen and oxygen atoms in total. The zero-order chi connectivity index (χ0) is 16.5. The Labute approximate surface area is 145 Å². The first-order chi connectivity index (χ1) is 11.8. The van der Waals surface area contributed by atoms with Crippen LogP contribution in [-0.2, 0) is 11.2 Å². The smallest absolute Gasteiger partial charge is 0.227 e. The second-order valence-corrected chi connectivity index (χ2v) is 7.05. The number of fused-ring (bicyclic) bond motifs is 1. The Balaban J connectivity index is 1.43. The fraction of sp³-hybridized carbons (Fsp3) is 0.471. The van der Waals surface area contributed by atoms with Crippen LogP contribution >= 0.6 is 11.3 Å². The van der Waals surface area contributed by atoms with Crippen LogP contribution in [0, 0.1) is 0 Å². The lowest BCUT2D eigenvalue weighted by Crippen LogP contribution is -2.40. The number of hydrogen-bond acceptors (Lipinski definition) is 6. The fourth-order valence-electron chi connectivity index (χ4n) is 3.85. The van der Waals surface area contributed by atoms with Crippen LogP contribution in [0.4, 0.5) is 5.13 Å². The molecular weight excluding hydrogens is 324 g/mol. The van der Waals surface area contributed by atoms with Gasteiger partial charge in [0.2, 0.25) is 11.0 Å². The fourth-order valence-corrected chi connectivity index (χ4v) is 4.49. The van der Waals surface area contributed by atoms with Crippen LogP contribution in [0.2, 0.25) is 0 Å². The maximum Gasteiger partial charge on any atom is 0.227 e. The van der Waals surface area contributed by atoms with Crippen LogP contribution in [0.5, 0.6) is 5.75 Å². The molecule has 2 fully saturated rings. The topological polar surface area (TPSA) is 58.6 Å². The Kier molecular flexibility index (Phi) is 4.10. The Morgan fingerprint density at radius 2 is 2.04 bits per heavy atom. The van der Waals surface area contributed by atoms with Gasteiger partial charge < -0.3 is 14.5 Å². The van der Waals surface area contributed by atoms with Crippen molar-refractivity contribution in [2.75, 3.05) is 25.1 Å². The summed E-state index contributed by atoms with van der Waals surface area (Å²) >= 11 is 1.57. The van der Waals surface area contributed by atoms with Crippen molar-refractivity contribution in [1.82, 2.24) is 15.1 Å². The molecule has 2 saturated heterocycles. The summed E-state index contributed by atoms with van der Waals surface area (Å²) in [6.07, 6.45) is 2.48. The zero-order valence-corrected chi connectivity index (χ0v) is 14.4. The maximum absolute atomic E-state index is 12.8. The summed E-state index contributed by atoms with van der Waals surface area (Å²) in [6, 6.07) is 8.43. The largest absolute Gasteiger partial charge is 0.497 e. The number of nitrogens with zero attached hydrogens (tertiary/aromatic N) is 4. The van der Waals surface area contributed by atoms with Crippen LogP contribution in [0.3, 0.4) is 0 Å². The van der Waals surface area contributed by atoms with Crippen molar-refractivity contribution in [2.45, 2.75) is 31.3 Å². The predicted molar refractivity (Wildman–Crippen MR) is 92.5 cm³/mol. The monoisotopic (exact) mass is 344 g/mol. The van der Waals surface area contributed by atoms with E-state index in [0.717, 1.165) is 42.4 Å². The van der Waals surface area contributed by atoms with Crippen molar-refractivity contribution in [1.29, 1.82) is 0 Å². The third-order valence-corrected chi connectivity index (χ3v) is 5.73. The minimum atomic E-state index is 0.215. The molecule has 3 heterocycles. The number of amides is 1. The summed E-state index contributed by atoms with van der Waals surface area (Å²) in [5.41, 5.74) is 2.80. The van der Waals surface area contributed by atoms with E-state index in [1.54, 1.807) is 24.0 Å². The van der Waals surface area contributed by atoms with Gasteiger partial charge in [0, 0.05) is 13.1 Å². The number of methoxy groups -OCH3 is 1. The molecule has 0 radical (unpaired) electrons. The normalized spacial score (nSPS) is 22.7. The third-order valence-electron chi connectivity index (χ3n) is 5.01. The molecule has 2 aliphatic rings. The number of carbonyl (C=O) groups is 1. The average Bonchev–Trinajstić information content (AvgIpc) is 3.32. The van der Waals surface area contributed by atoms with Crippen molar-refractivity contribution < 1.29 is 9.53 Å². The Bertz CT molecular complexity index is 704. The highest BCUT2D eigenvalue weighted by Crippen LogP contribution is 2.35. The number of likely N-dealkylation sites (tertiary alicyclic amines) is 1. The minimum absolute atomic E-state index is 0.215. The van der Waals surface area contributed by atoms with E-state index >= 15 is 0 Å². The summed E-state index contributed by atoms with van der Waals surface area (Å²) < 4.78 is 5.17. The van der Waals surface area contributed by atoms with Crippen molar-refractivity contribution in [2.24, 2.45) is 0 Å². The molecule has 126 valence electrons. The van der Waals surface area contributed by atoms with E-state index in [0.29, 0.717) is 18.5 Å². The summed E-state index contributed by atoms with van der Waals surface area (Å²) in [4.78, 5) is 17.1. The van der Waals surface area contributed by atoms with Gasteiger partial charge in [0.05, 0.1) is 25.6 Å². The maximum atomic E-state index is 12.8. The lowest BCUT2D eigenvalue weighted by Gasteiger charge is -2.25. The lowest BCUT2D eigenvalue weighted by molar-refractivity contribution is -0.131. The third kappa shape index (κ3) is 2.73. The number of hydrogen-bond donors (Lipinski definition) is 0. The second-order valence-electron chi connectivity index (χ2n) is 6.24. The number of ether oxygens (including phenoxy) is 1. The van der Waals surface area contributed by atoms with E-state index in [1.807, 2.05) is 24.3 Å². The molecule has 1 aromatic heterocycles. The molecule has 0 spiro atoms. The molecule has 1 amide bonds. The molecule has 4 rings (SSSR count). The first-order valence-corrected chi connectivity index (χ1v) is 9.09. The van der Waals surface area contributed by atoms with E-state index < -0.39 is 0 Å². The number of carbonyl (C=O) groups excluding carboxylic acids is 1. The van der Waals surface area contributed by atoms with Gasteiger partial charge in [-0.15, -0.1) is 10.2 Å². The van der Waals surface area contributed by atoms with Crippen molar-refractivity contribution >= 4 is 22.4 Å². The highest BCUT2D eigenvalue weighted by molar-refractivity contribution is 7.13. The molecule has 2 atom stereocenters. The van der Waals surface area contributed by atoms with Crippen LogP contribution in [0.25, 0.3) is 0 Å². The summed E-state index contributed by atoms with van der Waals surface area (Å²) in [6.45, 7) is 1.79. The second kappa shape index (κ2) is 6.39. The van der Waals surface area contributed by atoms with Crippen LogP contribution in [0.1, 0.15) is 18.4 Å². The van der Waals surface area contributed by atoms with Gasteiger partial charge >= 0.3 is 0 Å². The highest BCUT2D eigenvalue weighted by Gasteiger charge is 2.45. The first-order valence-electron chi connectivity index (χ1n) is 8.21. The number of aromatic nitrogens is 2. The number of rotatable bonds is 4. The van der Waals surface area contributed by atoms with Gasteiger partial charge in [-0.1, -0.05) is 23.5 Å². The Hall–Kier alpha value is -2.15. The molecule has 0 saturated carbocycles. The highest BCUT2D eigenvalue weighted by atomic mass is 32.1. The van der Waals surface area contributed by atoms with E-state index in [9.17, 15) is 4.79 Å². The van der Waals surface area contributed by atoms with Crippen LogP contribution in [-0.4, -0.2) is 53.3 Å². The lowest BCUT2D eigenvalue weighted by atomic mass is 10.1. The summed E-state index contributed by atoms with van der Waals surface area (Å²) in [7, 11) is 1.65. The SMILES string of the molecule is COc1ccc(CC(=O)N2CC[C@@H]3[C@@H]2CCN3c2nncs2)cc1. The van der Waals surface area contributed by atoms with Crippen LogP contribution in [0.15, 0.2) is 29.8 Å². The van der Waals surface area contributed by atoms with Gasteiger partial charge in [-0.2, -0.15) is 0 Å². The zero-order valence-electron chi connectivity index (χ0n) is 13.6. The van der Waals surface area contributed by atoms with Gasteiger partial charge in [0.15, 0.2) is 0 Å². The minimum Gasteiger partial charge on any atom is -0.497 e. The van der Waals surface area contributed by atoms with Crippen LogP contribution < -0.4 is 9.64 Å². The van der Waals surface area contributed by atoms with Crippen molar-refractivity contribution in [3.8, 4) is 5.75 Å². The summed E-state index contributed by atoms with van der Waals surface area (Å²) in [5, 5.41) is 9.11. The Morgan fingerprint density at radius 3 is 2.75 bits per heavy atom. The van der Waals surface area contributed by atoms with Crippen molar-refractivity contribution in [3.05, 3.63) is 35.3 Å². The van der Waals surface area contributed by atoms with Gasteiger partial charge in [-0.25, -0.2) is 0 Å². The quantitative estimate of drug-likeness (QED) is 0.849. The van der Waals surface area contributed by atoms with E-state index in [4.69, 9.17) is 4.74 Å². The van der Waals surface area contributed by atoms with E-state index in [1.165, 1.54) is 0 Å². The molecule has 0 N–H and O–H groups in total. The van der Waals surface area contributed by atoms with E-state index in [-0.39, 0.29) is 5.91 Å². The molecule has 0 unspecified atom stereocenters. The van der Waals surface area contributed by atoms with Gasteiger partial charge in [0.25, 0.3) is 0 Å². The molecule has 1 aromatic carbocycles. The number of anilines is 1. The van der Waals surface area contributed by atoms with Gasteiger partial charge in [-0.3, -0.25) is 4.79 Å². The van der Waals surface area contributed by atoms with Crippen molar-refractivity contribution in [3.63, 3.8) is 0 Å². The molecule has 7 heteroatoms. The van der Waals surface area contributed by atoms with E-state index in [2.05, 4.69) is 20.0 Å². The molecule has 0 bridgehead atoms. The number of benzene rings is 1. The molecule has 2 aliphatic heterocycles. The van der Waals surface area contributed by atoms with Gasteiger partial charge in [-0.05, 0) is 30.5 Å². The molecule has 2 aromatic rings. The van der Waals surface area contributed by atoms with Gasteiger partial charge in [0.1, 0.15) is 11.3 Å². The molecular formula is C17H20N4O2S. The summed E-state index contributed by atoms with van der Waals surface area (Å²) in [5.74, 6) is 1.03. The Morgan fingerprint density at radius 1 is 1.25 bits per heavy atom. The molecule has 24 heavy (non-hydrogen) atoms. The standard InChI is InChI=1S/C17H20N4O2S/c1-23-13-4-2-12(3-5-13)10-16(22)20-8-6-15-14(20)7-9-21(15)17-19-18-11-24-17/h2-5,11,14-15H,6-10H2,1H3/t14-,15+/m0/s1. The average molecular weight is 344 g/mol.